The van der Waals surface area contributed by atoms with Gasteiger partial charge in [0.1, 0.15) is 17.0 Å². The van der Waals surface area contributed by atoms with E-state index in [1.807, 2.05) is 6.07 Å². The Morgan fingerprint density at radius 2 is 2.24 bits per heavy atom. The Bertz CT molecular complexity index is 583. The molecule has 0 aromatic carbocycles. The minimum absolute atomic E-state index is 0.187. The Morgan fingerprint density at radius 1 is 1.53 bits per heavy atom. The standard InChI is InChI=1S/C10H10N4O2S/c1-2-8(6-11)14-17(15,16)10-4-3-5-13-9(10)7-12/h3-5,8,14H,2H2,1H3. The molecule has 0 amide bonds. The van der Waals surface area contributed by atoms with Gasteiger partial charge in [0.05, 0.1) is 6.07 Å². The normalized spacial score (nSPS) is 12.4. The van der Waals surface area contributed by atoms with E-state index >= 15 is 0 Å². The van der Waals surface area contributed by atoms with Crippen LogP contribution < -0.4 is 4.72 Å². The van der Waals surface area contributed by atoms with Gasteiger partial charge in [-0.05, 0) is 18.6 Å². The largest absolute Gasteiger partial charge is 0.244 e. The smallest absolute Gasteiger partial charge is 0.244 e. The molecule has 1 N–H and O–H groups in total. The van der Waals surface area contributed by atoms with Gasteiger partial charge in [-0.1, -0.05) is 6.92 Å². The zero-order valence-electron chi connectivity index (χ0n) is 9.08. The van der Waals surface area contributed by atoms with Crippen molar-refractivity contribution in [3.63, 3.8) is 0 Å². The summed E-state index contributed by atoms with van der Waals surface area (Å²) in [5.41, 5.74) is -0.187. The van der Waals surface area contributed by atoms with Crippen LogP contribution in [0.1, 0.15) is 19.0 Å². The predicted molar refractivity (Wildman–Crippen MR) is 59.0 cm³/mol. The fourth-order valence-corrected chi connectivity index (χ4v) is 2.47. The molecule has 88 valence electrons. The maximum absolute atomic E-state index is 11.9. The SMILES string of the molecule is CCC(C#N)NS(=O)(=O)c1cccnc1C#N. The fourth-order valence-electron chi connectivity index (χ4n) is 1.14. The summed E-state index contributed by atoms with van der Waals surface area (Å²) < 4.78 is 26.0. The number of aromatic nitrogens is 1. The maximum Gasteiger partial charge on any atom is 0.244 e. The van der Waals surface area contributed by atoms with E-state index in [-0.39, 0.29) is 10.6 Å². The second kappa shape index (κ2) is 5.39. The van der Waals surface area contributed by atoms with Crippen LogP contribution in [0.4, 0.5) is 0 Å². The summed E-state index contributed by atoms with van der Waals surface area (Å²) in [6.45, 7) is 1.69. The molecule has 0 saturated carbocycles. The van der Waals surface area contributed by atoms with Gasteiger partial charge < -0.3 is 0 Å². The second-order valence-electron chi connectivity index (χ2n) is 3.17. The zero-order chi connectivity index (χ0) is 12.9. The Morgan fingerprint density at radius 3 is 2.76 bits per heavy atom. The van der Waals surface area contributed by atoms with Crippen molar-refractivity contribution in [1.82, 2.24) is 9.71 Å². The number of nitriles is 2. The lowest BCUT2D eigenvalue weighted by molar-refractivity contribution is 0.568. The third-order valence-electron chi connectivity index (χ3n) is 2.03. The van der Waals surface area contributed by atoms with E-state index < -0.39 is 16.1 Å². The fraction of sp³-hybridized carbons (Fsp3) is 0.300. The van der Waals surface area contributed by atoms with Gasteiger partial charge in [0.2, 0.25) is 10.0 Å². The summed E-state index contributed by atoms with van der Waals surface area (Å²) in [6, 6.07) is 5.40. The summed E-state index contributed by atoms with van der Waals surface area (Å²) in [5, 5.41) is 17.5. The summed E-state index contributed by atoms with van der Waals surface area (Å²) >= 11 is 0. The highest BCUT2D eigenvalue weighted by Gasteiger charge is 2.22. The highest BCUT2D eigenvalue weighted by atomic mass is 32.2. The minimum atomic E-state index is -3.88. The number of hydrogen-bond donors (Lipinski definition) is 1. The number of hydrogen-bond acceptors (Lipinski definition) is 5. The molecule has 1 heterocycles. The molecule has 0 spiro atoms. The van der Waals surface area contributed by atoms with E-state index in [1.54, 1.807) is 13.0 Å². The van der Waals surface area contributed by atoms with Gasteiger partial charge in [-0.25, -0.2) is 13.4 Å². The van der Waals surface area contributed by atoms with Crippen molar-refractivity contribution >= 4 is 10.0 Å². The summed E-state index contributed by atoms with van der Waals surface area (Å²) in [4.78, 5) is 3.45. The van der Waals surface area contributed by atoms with Crippen LogP contribution in [-0.2, 0) is 10.0 Å². The first-order valence-electron chi connectivity index (χ1n) is 4.82. The average molecular weight is 250 g/mol. The number of rotatable bonds is 4. The van der Waals surface area contributed by atoms with Gasteiger partial charge in [0, 0.05) is 6.20 Å². The Hall–Kier alpha value is -1.96. The molecular formula is C10H10N4O2S. The Balaban J connectivity index is 3.16. The molecule has 0 fully saturated rings. The van der Waals surface area contributed by atoms with Crippen molar-refractivity contribution in [2.45, 2.75) is 24.3 Å². The van der Waals surface area contributed by atoms with Gasteiger partial charge in [0.25, 0.3) is 0 Å². The quantitative estimate of drug-likeness (QED) is 0.838. The van der Waals surface area contributed by atoms with Crippen LogP contribution in [-0.4, -0.2) is 19.4 Å². The first-order chi connectivity index (χ1) is 8.05. The monoisotopic (exact) mass is 250 g/mol. The van der Waals surface area contributed by atoms with Gasteiger partial charge >= 0.3 is 0 Å². The Kier molecular flexibility index (Phi) is 4.16. The molecule has 0 saturated heterocycles. The highest BCUT2D eigenvalue weighted by Crippen LogP contribution is 2.12. The van der Waals surface area contributed by atoms with Crippen LogP contribution in [0.25, 0.3) is 0 Å². The summed E-state index contributed by atoms with van der Waals surface area (Å²) in [7, 11) is -3.88. The third kappa shape index (κ3) is 3.00. The molecule has 7 heteroatoms. The van der Waals surface area contributed by atoms with Crippen LogP contribution in [0.15, 0.2) is 23.2 Å². The topological polar surface area (TPSA) is 107 Å². The second-order valence-corrected chi connectivity index (χ2v) is 4.86. The van der Waals surface area contributed by atoms with Crippen molar-refractivity contribution in [3.05, 3.63) is 24.0 Å². The zero-order valence-corrected chi connectivity index (χ0v) is 9.90. The third-order valence-corrected chi connectivity index (χ3v) is 3.53. The average Bonchev–Trinajstić information content (AvgIpc) is 2.35. The van der Waals surface area contributed by atoms with Crippen LogP contribution >= 0.6 is 0 Å². The van der Waals surface area contributed by atoms with Crippen LogP contribution in [0, 0.1) is 22.7 Å². The van der Waals surface area contributed by atoms with E-state index in [1.165, 1.54) is 18.3 Å². The highest BCUT2D eigenvalue weighted by molar-refractivity contribution is 7.89. The molecule has 0 aliphatic heterocycles. The van der Waals surface area contributed by atoms with Crippen molar-refractivity contribution in [1.29, 1.82) is 10.5 Å². The molecule has 1 unspecified atom stereocenters. The van der Waals surface area contributed by atoms with Crippen LogP contribution in [0.5, 0.6) is 0 Å². The molecule has 6 nitrogen and oxygen atoms in total. The van der Waals surface area contributed by atoms with E-state index in [4.69, 9.17) is 10.5 Å². The maximum atomic E-state index is 11.9. The van der Waals surface area contributed by atoms with E-state index in [9.17, 15) is 8.42 Å². The van der Waals surface area contributed by atoms with E-state index in [0.29, 0.717) is 6.42 Å². The van der Waals surface area contributed by atoms with Crippen LogP contribution in [0.2, 0.25) is 0 Å². The van der Waals surface area contributed by atoms with Gasteiger partial charge in [-0.2, -0.15) is 15.2 Å². The van der Waals surface area contributed by atoms with Crippen LogP contribution in [0.3, 0.4) is 0 Å². The van der Waals surface area contributed by atoms with Crippen molar-refractivity contribution in [2.24, 2.45) is 0 Å². The first kappa shape index (κ1) is 13.1. The predicted octanol–water partition coefficient (Wildman–Crippen LogP) is 0.534. The number of nitrogens with zero attached hydrogens (tertiary/aromatic N) is 3. The number of sulfonamides is 1. The molecule has 17 heavy (non-hydrogen) atoms. The minimum Gasteiger partial charge on any atom is -0.244 e. The lowest BCUT2D eigenvalue weighted by Crippen LogP contribution is -2.33. The molecule has 0 bridgehead atoms. The van der Waals surface area contributed by atoms with Crippen molar-refractivity contribution in [3.8, 4) is 12.1 Å². The number of nitrogens with one attached hydrogen (secondary N) is 1. The molecule has 1 aromatic heterocycles. The number of pyridine rings is 1. The lowest BCUT2D eigenvalue weighted by atomic mass is 10.3. The molecule has 1 atom stereocenters. The molecule has 1 rings (SSSR count). The summed E-state index contributed by atoms with van der Waals surface area (Å²) in [6.07, 6.45) is 1.68. The lowest BCUT2D eigenvalue weighted by Gasteiger charge is -2.10. The Labute approximate surface area is 99.6 Å². The molecule has 0 aliphatic carbocycles. The van der Waals surface area contributed by atoms with Gasteiger partial charge in [0.15, 0.2) is 5.69 Å². The van der Waals surface area contributed by atoms with E-state index in [0.717, 1.165) is 0 Å². The van der Waals surface area contributed by atoms with Gasteiger partial charge in [-0.15, -0.1) is 0 Å². The first-order valence-corrected chi connectivity index (χ1v) is 6.30. The molecule has 1 aromatic rings. The van der Waals surface area contributed by atoms with Crippen molar-refractivity contribution in [2.75, 3.05) is 0 Å². The molecule has 0 radical (unpaired) electrons. The van der Waals surface area contributed by atoms with Crippen molar-refractivity contribution < 1.29 is 8.42 Å². The van der Waals surface area contributed by atoms with E-state index in [2.05, 4.69) is 9.71 Å². The molecule has 0 aliphatic rings. The molecular weight excluding hydrogens is 240 g/mol. The summed E-state index contributed by atoms with van der Waals surface area (Å²) in [5.74, 6) is 0. The van der Waals surface area contributed by atoms with Gasteiger partial charge in [-0.3, -0.25) is 0 Å².